The lowest BCUT2D eigenvalue weighted by Crippen LogP contribution is -2.33. The van der Waals surface area contributed by atoms with Gasteiger partial charge in [-0.2, -0.15) is 0 Å². The van der Waals surface area contributed by atoms with Crippen LogP contribution in [-0.4, -0.2) is 28.6 Å². The first-order valence-corrected chi connectivity index (χ1v) is 9.19. The molecule has 0 aromatic heterocycles. The number of urea groups is 1. The van der Waals surface area contributed by atoms with Crippen LogP contribution in [0, 0.1) is 5.82 Å². The van der Waals surface area contributed by atoms with Gasteiger partial charge in [0.25, 0.3) is 5.91 Å². The second-order valence-electron chi connectivity index (χ2n) is 5.59. The van der Waals surface area contributed by atoms with Crippen LogP contribution in [0.15, 0.2) is 53.0 Å². The van der Waals surface area contributed by atoms with E-state index in [9.17, 15) is 14.0 Å². The lowest BCUT2D eigenvalue weighted by Gasteiger charge is -2.23. The van der Waals surface area contributed by atoms with Crippen molar-refractivity contribution in [2.24, 2.45) is 0 Å². The number of halogens is 2. The molecule has 4 rings (SSSR count). The van der Waals surface area contributed by atoms with Crippen molar-refractivity contribution in [1.82, 2.24) is 4.90 Å². The fraction of sp³-hybridized carbons (Fsp3) is 0.176. The minimum atomic E-state index is -0.471. The number of thioether (sulfide) groups is 1. The number of benzene rings is 2. The molecule has 3 amide bonds. The number of fused-ring (bicyclic) bond motifs is 1. The molecule has 0 spiro atoms. The van der Waals surface area contributed by atoms with Crippen LogP contribution >= 0.6 is 27.7 Å². The summed E-state index contributed by atoms with van der Waals surface area (Å²) >= 11 is 4.98. The highest BCUT2D eigenvalue weighted by molar-refractivity contribution is 9.10. The quantitative estimate of drug-likeness (QED) is 0.702. The van der Waals surface area contributed by atoms with Gasteiger partial charge in [0.2, 0.25) is 0 Å². The minimum Gasteiger partial charge on any atom is -0.295 e. The Bertz CT molecular complexity index is 812. The van der Waals surface area contributed by atoms with Crippen LogP contribution in [-0.2, 0) is 4.79 Å². The van der Waals surface area contributed by atoms with Gasteiger partial charge in [0, 0.05) is 10.2 Å². The van der Waals surface area contributed by atoms with Gasteiger partial charge in [0.1, 0.15) is 17.2 Å². The zero-order valence-corrected chi connectivity index (χ0v) is 14.8. The summed E-state index contributed by atoms with van der Waals surface area (Å²) in [4.78, 5) is 28.3. The molecule has 2 aromatic rings. The predicted octanol–water partition coefficient (Wildman–Crippen LogP) is 4.17. The number of anilines is 1. The van der Waals surface area contributed by atoms with Gasteiger partial charge in [-0.05, 0) is 42.0 Å². The molecule has 2 aliphatic rings. The molecular formula is C17H12BrFN2O2S. The third kappa shape index (κ3) is 2.43. The van der Waals surface area contributed by atoms with Crippen LogP contribution in [0.2, 0.25) is 0 Å². The Labute approximate surface area is 150 Å². The van der Waals surface area contributed by atoms with Gasteiger partial charge < -0.3 is 0 Å². The fourth-order valence-electron chi connectivity index (χ4n) is 3.00. The van der Waals surface area contributed by atoms with Gasteiger partial charge in [-0.3, -0.25) is 9.69 Å². The molecule has 2 aromatic carbocycles. The lowest BCUT2D eigenvalue weighted by atomic mass is 10.2. The third-order valence-corrected chi connectivity index (χ3v) is 6.01. The monoisotopic (exact) mass is 406 g/mol. The summed E-state index contributed by atoms with van der Waals surface area (Å²) in [5.74, 6) is -0.0939. The normalized spacial score (nSPS) is 23.1. The van der Waals surface area contributed by atoms with E-state index >= 15 is 0 Å². The Morgan fingerprint density at radius 2 is 1.71 bits per heavy atom. The number of rotatable bonds is 2. The van der Waals surface area contributed by atoms with Gasteiger partial charge in [0.05, 0.1) is 5.69 Å². The SMILES string of the molecule is O=C1[C@@H]2CSC(c3ccc(Br)cc3)N2C(=O)N1c1ccc(F)cc1. The lowest BCUT2D eigenvalue weighted by molar-refractivity contribution is -0.119. The Kier molecular flexibility index (Phi) is 3.85. The van der Waals surface area contributed by atoms with Crippen molar-refractivity contribution in [3.05, 3.63) is 64.4 Å². The Balaban J connectivity index is 1.67. The minimum absolute atomic E-state index is 0.190. The summed E-state index contributed by atoms with van der Waals surface area (Å²) in [5, 5.41) is -0.190. The van der Waals surface area contributed by atoms with Gasteiger partial charge in [0.15, 0.2) is 0 Å². The second-order valence-corrected chi connectivity index (χ2v) is 7.62. The first-order valence-electron chi connectivity index (χ1n) is 7.35. The molecule has 2 saturated heterocycles. The van der Waals surface area contributed by atoms with E-state index in [1.807, 2.05) is 24.3 Å². The summed E-state index contributed by atoms with van der Waals surface area (Å²) in [5.41, 5.74) is 1.38. The molecule has 7 heteroatoms. The highest BCUT2D eigenvalue weighted by Gasteiger charge is 2.53. The zero-order valence-electron chi connectivity index (χ0n) is 12.4. The summed E-state index contributed by atoms with van der Waals surface area (Å²) in [6, 6.07) is 12.3. The molecule has 0 bridgehead atoms. The molecule has 0 aliphatic carbocycles. The Morgan fingerprint density at radius 3 is 2.38 bits per heavy atom. The first kappa shape index (κ1) is 15.7. The summed E-state index contributed by atoms with van der Waals surface area (Å²) < 4.78 is 14.1. The topological polar surface area (TPSA) is 40.6 Å². The molecule has 2 heterocycles. The molecule has 0 radical (unpaired) electrons. The predicted molar refractivity (Wildman–Crippen MR) is 94.3 cm³/mol. The van der Waals surface area contributed by atoms with E-state index in [0.29, 0.717) is 11.4 Å². The van der Waals surface area contributed by atoms with E-state index in [2.05, 4.69) is 15.9 Å². The molecule has 4 nitrogen and oxygen atoms in total. The van der Waals surface area contributed by atoms with Crippen molar-refractivity contribution >= 4 is 45.3 Å². The number of nitrogens with zero attached hydrogens (tertiary/aromatic N) is 2. The van der Waals surface area contributed by atoms with Crippen LogP contribution in [0.25, 0.3) is 0 Å². The first-order chi connectivity index (χ1) is 11.6. The average molecular weight is 407 g/mol. The van der Waals surface area contributed by atoms with E-state index in [1.54, 1.807) is 16.7 Å². The zero-order chi connectivity index (χ0) is 16.8. The van der Waals surface area contributed by atoms with Crippen molar-refractivity contribution < 1.29 is 14.0 Å². The van der Waals surface area contributed by atoms with Crippen molar-refractivity contribution in [2.75, 3.05) is 10.7 Å². The van der Waals surface area contributed by atoms with Crippen LogP contribution in [0.4, 0.5) is 14.9 Å². The van der Waals surface area contributed by atoms with Gasteiger partial charge in [-0.15, -0.1) is 11.8 Å². The second kappa shape index (κ2) is 5.89. The van der Waals surface area contributed by atoms with Crippen LogP contribution in [0.1, 0.15) is 10.9 Å². The molecule has 2 atom stereocenters. The van der Waals surface area contributed by atoms with Gasteiger partial charge in [-0.1, -0.05) is 28.1 Å². The molecule has 0 N–H and O–H groups in total. The Morgan fingerprint density at radius 1 is 1.04 bits per heavy atom. The molecule has 24 heavy (non-hydrogen) atoms. The number of amides is 3. The largest absolute Gasteiger partial charge is 0.333 e. The van der Waals surface area contributed by atoms with Crippen LogP contribution in [0.3, 0.4) is 0 Å². The fourth-order valence-corrected chi connectivity index (χ4v) is 4.68. The van der Waals surface area contributed by atoms with Crippen molar-refractivity contribution in [2.45, 2.75) is 11.4 Å². The molecule has 122 valence electrons. The van der Waals surface area contributed by atoms with E-state index in [4.69, 9.17) is 0 Å². The number of imide groups is 1. The molecule has 2 fully saturated rings. The summed E-state index contributed by atoms with van der Waals surface area (Å²) in [7, 11) is 0. The van der Waals surface area contributed by atoms with E-state index in [-0.39, 0.29) is 17.3 Å². The highest BCUT2D eigenvalue weighted by atomic mass is 79.9. The molecule has 2 aliphatic heterocycles. The van der Waals surface area contributed by atoms with Gasteiger partial charge in [-0.25, -0.2) is 14.1 Å². The highest BCUT2D eigenvalue weighted by Crippen LogP contribution is 2.46. The maximum absolute atomic E-state index is 13.1. The number of carbonyl (C=O) groups is 2. The smallest absolute Gasteiger partial charge is 0.295 e. The summed E-state index contributed by atoms with van der Waals surface area (Å²) in [6.07, 6.45) is 0. The maximum Gasteiger partial charge on any atom is 0.333 e. The summed E-state index contributed by atoms with van der Waals surface area (Å²) in [6.45, 7) is 0. The number of carbonyl (C=O) groups excluding carboxylic acids is 2. The van der Waals surface area contributed by atoms with Crippen molar-refractivity contribution in [3.8, 4) is 0 Å². The van der Waals surface area contributed by atoms with Gasteiger partial charge >= 0.3 is 6.03 Å². The van der Waals surface area contributed by atoms with Crippen molar-refractivity contribution in [1.29, 1.82) is 0 Å². The van der Waals surface area contributed by atoms with Crippen LogP contribution < -0.4 is 4.90 Å². The standard InChI is InChI=1S/C17H12BrFN2O2S/c18-11-3-1-10(2-4-11)16-21-14(9-24-16)15(22)20(17(21)23)13-7-5-12(19)6-8-13/h1-8,14,16H,9H2/t14-,16?/m0/s1. The van der Waals surface area contributed by atoms with Crippen LogP contribution in [0.5, 0.6) is 0 Å². The maximum atomic E-state index is 13.1. The van der Waals surface area contributed by atoms with Crippen molar-refractivity contribution in [3.63, 3.8) is 0 Å². The molecule has 0 saturated carbocycles. The average Bonchev–Trinajstić information content (AvgIpc) is 3.11. The Hall–Kier alpha value is -1.86. The van der Waals surface area contributed by atoms with E-state index < -0.39 is 11.9 Å². The van der Waals surface area contributed by atoms with E-state index in [1.165, 1.54) is 24.3 Å². The molecular weight excluding hydrogens is 395 g/mol. The number of hydrogen-bond acceptors (Lipinski definition) is 3. The van der Waals surface area contributed by atoms with E-state index in [0.717, 1.165) is 14.9 Å². The number of hydrogen-bond donors (Lipinski definition) is 0. The third-order valence-electron chi connectivity index (χ3n) is 4.16. The molecule has 1 unspecified atom stereocenters.